The standard InChI is InChI=1S/C46H71N7O8/c1-11-31(6)41(37(59-9)27-38(54)52-25-14-17-36(52)42(60-10)32(7)43(55)49-23-20-33-18-21-47-22-19-33)51(8)46(58)40(30(4)5)50-44(56)39(29(2)3)48-24-26-61-53-28-34-15-12-13-16-35(34)45(53)57/h12-13,15-16,18-19,21-22,29-32,36-37,39-42,48H,11,14,17,20,23-28H2,1-10H3,(H,49,55)(H,50,56)/t31-,32+,36-,37+,39-,40-,41-,42+/m0/s1. The first kappa shape index (κ1) is 49.2. The lowest BCUT2D eigenvalue weighted by Crippen LogP contribution is -2.60. The van der Waals surface area contributed by atoms with Crippen LogP contribution in [-0.2, 0) is 46.5 Å². The van der Waals surface area contributed by atoms with Crippen molar-refractivity contribution in [1.82, 2.24) is 35.8 Å². The van der Waals surface area contributed by atoms with E-state index < -0.39 is 36.3 Å². The number of ether oxygens (including phenoxy) is 2. The number of hydrogen-bond donors (Lipinski definition) is 3. The number of benzene rings is 1. The van der Waals surface area contributed by atoms with Crippen LogP contribution in [0.25, 0.3) is 0 Å². The summed E-state index contributed by atoms with van der Waals surface area (Å²) in [7, 11) is 4.87. The number of carbonyl (C=O) groups is 5. The number of hydrogen-bond acceptors (Lipinski definition) is 10. The number of likely N-dealkylation sites (tertiary alicyclic amines) is 1. The molecule has 5 amide bonds. The molecule has 0 aliphatic carbocycles. The molecule has 3 N–H and O–H groups in total. The number of carbonyl (C=O) groups excluding carboxylic acids is 5. The molecule has 61 heavy (non-hydrogen) atoms. The normalized spacial score (nSPS) is 18.6. The van der Waals surface area contributed by atoms with Gasteiger partial charge >= 0.3 is 0 Å². The van der Waals surface area contributed by atoms with Crippen LogP contribution in [0.2, 0.25) is 0 Å². The Hall–Kier alpha value is -4.44. The molecule has 15 nitrogen and oxygen atoms in total. The molecule has 8 atom stereocenters. The van der Waals surface area contributed by atoms with Gasteiger partial charge in [-0.15, -0.1) is 0 Å². The molecule has 0 radical (unpaired) electrons. The third-order valence-electron chi connectivity index (χ3n) is 12.4. The van der Waals surface area contributed by atoms with Gasteiger partial charge in [-0.05, 0) is 66.3 Å². The molecule has 2 aromatic rings. The molecule has 3 heterocycles. The van der Waals surface area contributed by atoms with Crippen molar-refractivity contribution < 1.29 is 38.3 Å². The van der Waals surface area contributed by atoms with Gasteiger partial charge in [-0.2, -0.15) is 0 Å². The van der Waals surface area contributed by atoms with Crippen LogP contribution in [0.4, 0.5) is 0 Å². The molecule has 15 heteroatoms. The topological polar surface area (TPSA) is 172 Å². The average molecular weight is 850 g/mol. The largest absolute Gasteiger partial charge is 0.379 e. The molecule has 4 rings (SSSR count). The van der Waals surface area contributed by atoms with Crippen molar-refractivity contribution >= 4 is 29.5 Å². The first-order valence-electron chi connectivity index (χ1n) is 22.0. The van der Waals surface area contributed by atoms with Crippen molar-refractivity contribution in [3.63, 3.8) is 0 Å². The van der Waals surface area contributed by atoms with Crippen molar-refractivity contribution in [3.05, 3.63) is 65.5 Å². The number of fused-ring (bicyclic) bond motifs is 1. The highest BCUT2D eigenvalue weighted by Crippen LogP contribution is 2.30. The van der Waals surface area contributed by atoms with Gasteiger partial charge in [-0.3, -0.25) is 33.8 Å². The number of likely N-dealkylation sites (N-methyl/N-ethyl adjacent to an activating group) is 1. The number of methoxy groups -OCH3 is 2. The number of pyridine rings is 1. The molecular formula is C46H71N7O8. The average Bonchev–Trinajstić information content (AvgIpc) is 3.86. The third-order valence-corrected chi connectivity index (χ3v) is 12.4. The summed E-state index contributed by atoms with van der Waals surface area (Å²) < 4.78 is 12.0. The van der Waals surface area contributed by atoms with Crippen LogP contribution in [0.1, 0.15) is 95.6 Å². The van der Waals surface area contributed by atoms with Crippen LogP contribution >= 0.6 is 0 Å². The third kappa shape index (κ3) is 12.8. The predicted octanol–water partition coefficient (Wildman–Crippen LogP) is 4.00. The van der Waals surface area contributed by atoms with E-state index in [9.17, 15) is 24.0 Å². The lowest BCUT2D eigenvalue weighted by atomic mass is 9.89. The smallest absolute Gasteiger partial charge is 0.278 e. The molecule has 0 unspecified atom stereocenters. The molecule has 0 saturated carbocycles. The summed E-state index contributed by atoms with van der Waals surface area (Å²) in [4.78, 5) is 81.9. The van der Waals surface area contributed by atoms with Crippen molar-refractivity contribution in [3.8, 4) is 0 Å². The van der Waals surface area contributed by atoms with Gasteiger partial charge in [0, 0.05) is 58.9 Å². The Kier molecular flexibility index (Phi) is 19.1. The van der Waals surface area contributed by atoms with E-state index in [-0.39, 0.29) is 66.4 Å². The van der Waals surface area contributed by atoms with Crippen molar-refractivity contribution in [2.24, 2.45) is 23.7 Å². The van der Waals surface area contributed by atoms with E-state index >= 15 is 0 Å². The van der Waals surface area contributed by atoms with Gasteiger partial charge in [-0.25, -0.2) is 5.06 Å². The summed E-state index contributed by atoms with van der Waals surface area (Å²) in [6.45, 7) is 15.4. The Morgan fingerprint density at radius 2 is 1.61 bits per heavy atom. The Morgan fingerprint density at radius 3 is 2.23 bits per heavy atom. The van der Waals surface area contributed by atoms with Gasteiger partial charge in [-0.1, -0.05) is 73.1 Å². The second kappa shape index (κ2) is 23.7. The van der Waals surface area contributed by atoms with Crippen LogP contribution in [-0.4, -0.2) is 133 Å². The molecule has 1 saturated heterocycles. The maximum absolute atomic E-state index is 14.5. The lowest BCUT2D eigenvalue weighted by molar-refractivity contribution is -0.147. The second-order valence-electron chi connectivity index (χ2n) is 17.2. The molecule has 338 valence electrons. The van der Waals surface area contributed by atoms with E-state index in [2.05, 4.69) is 20.9 Å². The summed E-state index contributed by atoms with van der Waals surface area (Å²) in [6.07, 6.45) is 5.20. The SMILES string of the molecule is CC[C@H](C)[C@@H]([C@@H](CC(=O)N1CCC[C@H]1[C@H](OC)[C@@H](C)C(=O)NCCc1ccncc1)OC)N(C)C(=O)[C@@H](NC(=O)[C@@H](NCCON1Cc2ccccc2C1=O)C(C)C)C(C)C. The quantitative estimate of drug-likeness (QED) is 0.131. The highest BCUT2D eigenvalue weighted by atomic mass is 16.7. The Morgan fingerprint density at radius 1 is 0.918 bits per heavy atom. The van der Waals surface area contributed by atoms with Gasteiger partial charge in [0.1, 0.15) is 6.04 Å². The minimum absolute atomic E-state index is 0.0256. The number of aromatic nitrogens is 1. The molecule has 1 aromatic carbocycles. The molecule has 0 bridgehead atoms. The molecule has 2 aliphatic heterocycles. The zero-order chi connectivity index (χ0) is 44.8. The number of hydroxylamine groups is 2. The number of nitrogens with zero attached hydrogens (tertiary/aromatic N) is 4. The van der Waals surface area contributed by atoms with Gasteiger partial charge in [0.2, 0.25) is 23.6 Å². The van der Waals surface area contributed by atoms with Crippen molar-refractivity contribution in [1.29, 1.82) is 0 Å². The van der Waals surface area contributed by atoms with Gasteiger partial charge in [0.15, 0.2) is 0 Å². The highest BCUT2D eigenvalue weighted by Gasteiger charge is 2.43. The summed E-state index contributed by atoms with van der Waals surface area (Å²) in [5.41, 5.74) is 2.61. The fraction of sp³-hybridized carbons (Fsp3) is 0.652. The van der Waals surface area contributed by atoms with E-state index in [1.54, 1.807) is 44.6 Å². The van der Waals surface area contributed by atoms with Crippen molar-refractivity contribution in [2.75, 3.05) is 47.5 Å². The minimum atomic E-state index is -0.847. The zero-order valence-corrected chi connectivity index (χ0v) is 38.0. The number of amides is 5. The second-order valence-corrected chi connectivity index (χ2v) is 17.2. The van der Waals surface area contributed by atoms with Gasteiger partial charge in [0.05, 0.1) is 55.8 Å². The van der Waals surface area contributed by atoms with E-state index in [1.165, 1.54) is 5.06 Å². The molecule has 1 fully saturated rings. The molecule has 0 spiro atoms. The summed E-state index contributed by atoms with van der Waals surface area (Å²) in [6, 6.07) is 8.98. The number of nitrogens with one attached hydrogen (secondary N) is 3. The van der Waals surface area contributed by atoms with Gasteiger partial charge in [0.25, 0.3) is 5.91 Å². The monoisotopic (exact) mass is 850 g/mol. The lowest BCUT2D eigenvalue weighted by Gasteiger charge is -2.41. The summed E-state index contributed by atoms with van der Waals surface area (Å²) in [5.74, 6) is -1.95. The van der Waals surface area contributed by atoms with Crippen LogP contribution in [0, 0.1) is 23.7 Å². The Balaban J connectivity index is 1.38. The number of rotatable bonds is 24. The Labute approximate surface area is 363 Å². The maximum atomic E-state index is 14.5. The summed E-state index contributed by atoms with van der Waals surface area (Å²) in [5, 5.41) is 10.7. The summed E-state index contributed by atoms with van der Waals surface area (Å²) >= 11 is 0. The first-order chi connectivity index (χ1) is 29.1. The van der Waals surface area contributed by atoms with Crippen LogP contribution in [0.15, 0.2) is 48.8 Å². The zero-order valence-electron chi connectivity index (χ0n) is 38.0. The Bertz CT molecular complexity index is 1750. The van der Waals surface area contributed by atoms with Crippen LogP contribution in [0.5, 0.6) is 0 Å². The predicted molar refractivity (Wildman–Crippen MR) is 233 cm³/mol. The maximum Gasteiger partial charge on any atom is 0.278 e. The minimum Gasteiger partial charge on any atom is -0.379 e. The van der Waals surface area contributed by atoms with Crippen LogP contribution in [0.3, 0.4) is 0 Å². The van der Waals surface area contributed by atoms with E-state index in [1.807, 2.05) is 83.7 Å². The molecule has 2 aliphatic rings. The fourth-order valence-corrected chi connectivity index (χ4v) is 8.66. The van der Waals surface area contributed by atoms with E-state index in [0.29, 0.717) is 44.6 Å². The fourth-order valence-electron chi connectivity index (χ4n) is 8.66. The van der Waals surface area contributed by atoms with Gasteiger partial charge < -0.3 is 35.2 Å². The van der Waals surface area contributed by atoms with Crippen molar-refractivity contribution in [2.45, 2.75) is 123 Å². The molecular weight excluding hydrogens is 779 g/mol. The van der Waals surface area contributed by atoms with E-state index in [0.717, 1.165) is 24.0 Å². The highest BCUT2D eigenvalue weighted by molar-refractivity contribution is 5.97. The van der Waals surface area contributed by atoms with E-state index in [4.69, 9.17) is 14.3 Å². The molecule has 1 aromatic heterocycles. The van der Waals surface area contributed by atoms with Crippen LogP contribution < -0.4 is 16.0 Å². The first-order valence-corrected chi connectivity index (χ1v) is 22.0.